The van der Waals surface area contributed by atoms with Crippen LogP contribution in [0.15, 0.2) is 0 Å². The molecule has 5 heteroatoms. The van der Waals surface area contributed by atoms with Crippen molar-refractivity contribution in [2.45, 2.75) is 37.6 Å². The van der Waals surface area contributed by atoms with Gasteiger partial charge in [0.05, 0.1) is 7.11 Å². The molecule has 0 spiro atoms. The van der Waals surface area contributed by atoms with Gasteiger partial charge in [0.2, 0.25) is 5.92 Å². The molecule has 0 radical (unpaired) electrons. The topological polar surface area (TPSA) is 38.3 Å². The van der Waals surface area contributed by atoms with Gasteiger partial charge in [-0.2, -0.15) is 0 Å². The maximum atomic E-state index is 13.1. The molecule has 15 heavy (non-hydrogen) atoms. The lowest BCUT2D eigenvalue weighted by molar-refractivity contribution is -0.146. The summed E-state index contributed by atoms with van der Waals surface area (Å²) in [6.45, 7) is 0. The first kappa shape index (κ1) is 12.4. The van der Waals surface area contributed by atoms with E-state index in [1.54, 1.807) is 7.05 Å². The van der Waals surface area contributed by atoms with Crippen LogP contribution in [0.2, 0.25) is 0 Å². The van der Waals surface area contributed by atoms with Crippen LogP contribution in [-0.4, -0.2) is 32.1 Å². The average molecular weight is 221 g/mol. The zero-order valence-electron chi connectivity index (χ0n) is 9.06. The molecule has 0 bridgehead atoms. The van der Waals surface area contributed by atoms with Crippen LogP contribution in [-0.2, 0) is 9.53 Å². The zero-order chi connectivity index (χ0) is 11.5. The van der Waals surface area contributed by atoms with Crippen molar-refractivity contribution in [3.8, 4) is 0 Å². The van der Waals surface area contributed by atoms with E-state index in [0.29, 0.717) is 12.8 Å². The summed E-state index contributed by atoms with van der Waals surface area (Å²) >= 11 is 0. The molecule has 3 nitrogen and oxygen atoms in total. The van der Waals surface area contributed by atoms with E-state index in [0.717, 1.165) is 0 Å². The Bertz CT molecular complexity index is 233. The van der Waals surface area contributed by atoms with Gasteiger partial charge in [0.15, 0.2) is 0 Å². The molecule has 2 atom stereocenters. The lowest BCUT2D eigenvalue weighted by Gasteiger charge is -2.32. The molecular formula is C10H17F2NO2. The summed E-state index contributed by atoms with van der Waals surface area (Å²) in [5.74, 6) is -3.42. The second-order valence-electron chi connectivity index (χ2n) is 4.00. The van der Waals surface area contributed by atoms with Crippen molar-refractivity contribution in [2.75, 3.05) is 14.2 Å². The monoisotopic (exact) mass is 221 g/mol. The molecule has 1 fully saturated rings. The average Bonchev–Trinajstić information content (AvgIpc) is 2.17. The second kappa shape index (κ2) is 4.88. The number of likely N-dealkylation sites (N-methyl/N-ethyl adjacent to an activating group) is 1. The van der Waals surface area contributed by atoms with Crippen molar-refractivity contribution in [3.63, 3.8) is 0 Å². The Kier molecular flexibility index (Phi) is 4.02. The van der Waals surface area contributed by atoms with E-state index in [1.807, 2.05) is 0 Å². The van der Waals surface area contributed by atoms with Crippen molar-refractivity contribution in [1.82, 2.24) is 5.32 Å². The Morgan fingerprint density at radius 2 is 2.27 bits per heavy atom. The van der Waals surface area contributed by atoms with Gasteiger partial charge in [0.25, 0.3) is 0 Å². The number of carbonyl (C=O) groups is 1. The van der Waals surface area contributed by atoms with Crippen LogP contribution in [0.1, 0.15) is 25.7 Å². The molecule has 0 amide bonds. The normalized spacial score (nSPS) is 27.1. The number of alkyl halides is 2. The molecule has 0 heterocycles. The Hall–Kier alpha value is -0.710. The maximum Gasteiger partial charge on any atom is 0.323 e. The molecule has 1 aliphatic rings. The van der Waals surface area contributed by atoms with E-state index >= 15 is 0 Å². The van der Waals surface area contributed by atoms with E-state index in [1.165, 1.54) is 7.11 Å². The molecule has 1 saturated carbocycles. The number of hydrogen-bond acceptors (Lipinski definition) is 3. The van der Waals surface area contributed by atoms with Crippen LogP contribution in [0.5, 0.6) is 0 Å². The number of ether oxygens (including phenoxy) is 1. The number of hydrogen-bond donors (Lipinski definition) is 1. The number of nitrogens with one attached hydrogen (secondary N) is 1. The summed E-state index contributed by atoms with van der Waals surface area (Å²) < 4.78 is 30.9. The van der Waals surface area contributed by atoms with Gasteiger partial charge in [-0.25, -0.2) is 8.78 Å². The third-order valence-corrected chi connectivity index (χ3v) is 2.92. The Morgan fingerprint density at radius 3 is 2.73 bits per heavy atom. The molecule has 1 rings (SSSR count). The highest BCUT2D eigenvalue weighted by atomic mass is 19.3. The van der Waals surface area contributed by atoms with Crippen molar-refractivity contribution < 1.29 is 18.3 Å². The third kappa shape index (κ3) is 3.12. The molecule has 0 aliphatic heterocycles. The van der Waals surface area contributed by atoms with E-state index < -0.39 is 17.9 Å². The standard InChI is InChI=1S/C10H17F2NO2/c1-13-8(9(14)15-2)7-4-3-5-10(11,12)6-7/h7-8,13H,3-6H2,1-2H3/t7-,8-/m0/s1. The van der Waals surface area contributed by atoms with E-state index in [2.05, 4.69) is 10.1 Å². The molecular weight excluding hydrogens is 204 g/mol. The number of halogens is 2. The number of carbonyl (C=O) groups excluding carboxylic acids is 1. The van der Waals surface area contributed by atoms with Gasteiger partial charge >= 0.3 is 5.97 Å². The Morgan fingerprint density at radius 1 is 1.60 bits per heavy atom. The van der Waals surface area contributed by atoms with Crippen LogP contribution in [0, 0.1) is 5.92 Å². The lowest BCUT2D eigenvalue weighted by Crippen LogP contribution is -2.45. The molecule has 0 unspecified atom stereocenters. The minimum Gasteiger partial charge on any atom is -0.468 e. The summed E-state index contributed by atoms with van der Waals surface area (Å²) in [6.07, 6.45) is 0.817. The molecule has 0 aromatic rings. The number of rotatable bonds is 3. The first-order valence-corrected chi connectivity index (χ1v) is 5.13. The van der Waals surface area contributed by atoms with Gasteiger partial charge in [0.1, 0.15) is 6.04 Å². The van der Waals surface area contributed by atoms with Gasteiger partial charge in [-0.15, -0.1) is 0 Å². The summed E-state index contributed by atoms with van der Waals surface area (Å²) in [6, 6.07) is -0.610. The highest BCUT2D eigenvalue weighted by Gasteiger charge is 2.41. The summed E-state index contributed by atoms with van der Waals surface area (Å²) in [7, 11) is 2.86. The predicted molar refractivity (Wildman–Crippen MR) is 51.8 cm³/mol. The maximum absolute atomic E-state index is 13.1. The molecule has 0 aromatic carbocycles. The van der Waals surface area contributed by atoms with Crippen molar-refractivity contribution >= 4 is 5.97 Å². The van der Waals surface area contributed by atoms with Gasteiger partial charge in [-0.05, 0) is 25.8 Å². The SMILES string of the molecule is CN[C@H](C(=O)OC)[C@H]1CCCC(F)(F)C1. The minimum absolute atomic E-state index is 0.0683. The van der Waals surface area contributed by atoms with Crippen LogP contribution >= 0.6 is 0 Å². The highest BCUT2D eigenvalue weighted by molar-refractivity contribution is 5.76. The fraction of sp³-hybridized carbons (Fsp3) is 0.900. The predicted octanol–water partition coefficient (Wildman–Crippen LogP) is 1.57. The molecule has 0 aromatic heterocycles. The first-order chi connectivity index (χ1) is 7.00. The van der Waals surface area contributed by atoms with Gasteiger partial charge in [-0.1, -0.05) is 0 Å². The van der Waals surface area contributed by atoms with Crippen LogP contribution in [0.25, 0.3) is 0 Å². The van der Waals surface area contributed by atoms with Gasteiger partial charge in [0, 0.05) is 12.8 Å². The Balaban J connectivity index is 2.64. The summed E-state index contributed by atoms with van der Waals surface area (Å²) in [4.78, 5) is 11.3. The number of esters is 1. The summed E-state index contributed by atoms with van der Waals surface area (Å²) in [5, 5.41) is 2.75. The smallest absolute Gasteiger partial charge is 0.323 e. The largest absolute Gasteiger partial charge is 0.468 e. The summed E-state index contributed by atoms with van der Waals surface area (Å²) in [5.41, 5.74) is 0. The highest BCUT2D eigenvalue weighted by Crippen LogP contribution is 2.38. The fourth-order valence-corrected chi connectivity index (χ4v) is 2.17. The van der Waals surface area contributed by atoms with Crippen molar-refractivity contribution in [1.29, 1.82) is 0 Å². The number of methoxy groups -OCH3 is 1. The quantitative estimate of drug-likeness (QED) is 0.735. The molecule has 1 N–H and O–H groups in total. The van der Waals surface area contributed by atoms with Crippen LogP contribution in [0.4, 0.5) is 8.78 Å². The Labute approximate surface area is 88.2 Å². The zero-order valence-corrected chi connectivity index (χ0v) is 9.06. The lowest BCUT2D eigenvalue weighted by atomic mass is 9.82. The third-order valence-electron chi connectivity index (χ3n) is 2.92. The van der Waals surface area contributed by atoms with Gasteiger partial charge < -0.3 is 10.1 Å². The van der Waals surface area contributed by atoms with Crippen molar-refractivity contribution in [3.05, 3.63) is 0 Å². The second-order valence-corrected chi connectivity index (χ2v) is 4.00. The molecule has 88 valence electrons. The van der Waals surface area contributed by atoms with Crippen LogP contribution < -0.4 is 5.32 Å². The molecule has 1 aliphatic carbocycles. The minimum atomic E-state index is -2.63. The van der Waals surface area contributed by atoms with E-state index in [9.17, 15) is 13.6 Å². The van der Waals surface area contributed by atoms with E-state index in [-0.39, 0.29) is 18.8 Å². The molecule has 0 saturated heterocycles. The van der Waals surface area contributed by atoms with Crippen molar-refractivity contribution in [2.24, 2.45) is 5.92 Å². The van der Waals surface area contributed by atoms with Crippen LogP contribution in [0.3, 0.4) is 0 Å². The van der Waals surface area contributed by atoms with Gasteiger partial charge in [-0.3, -0.25) is 4.79 Å². The first-order valence-electron chi connectivity index (χ1n) is 5.13. The fourth-order valence-electron chi connectivity index (χ4n) is 2.17. The van der Waals surface area contributed by atoms with E-state index in [4.69, 9.17) is 0 Å².